The van der Waals surface area contributed by atoms with Gasteiger partial charge in [0, 0.05) is 19.4 Å². The highest BCUT2D eigenvalue weighted by Gasteiger charge is 2.35. The first-order chi connectivity index (χ1) is 6.70. The molecule has 0 spiro atoms. The first-order valence-electron chi connectivity index (χ1n) is 4.73. The standard InChI is InChI=1S/C11H13FO2/c12-11(5-6-14-8-11)7-9-3-1-2-4-10(9)13/h1-4,13H,5-8H2. The highest BCUT2D eigenvalue weighted by atomic mass is 19.1. The minimum atomic E-state index is -1.29. The van der Waals surface area contributed by atoms with E-state index in [-0.39, 0.29) is 18.8 Å². The molecule has 1 atom stereocenters. The molecule has 0 amide bonds. The Bertz CT molecular complexity index is 319. The van der Waals surface area contributed by atoms with Crippen LogP contribution in [0, 0.1) is 0 Å². The van der Waals surface area contributed by atoms with Gasteiger partial charge in [-0.25, -0.2) is 4.39 Å². The topological polar surface area (TPSA) is 29.5 Å². The van der Waals surface area contributed by atoms with Crippen LogP contribution >= 0.6 is 0 Å². The number of aromatic hydroxyl groups is 1. The maximum absolute atomic E-state index is 13.9. The first-order valence-corrected chi connectivity index (χ1v) is 4.73. The lowest BCUT2D eigenvalue weighted by molar-refractivity contribution is 0.112. The third-order valence-corrected chi connectivity index (χ3v) is 2.55. The second-order valence-electron chi connectivity index (χ2n) is 3.76. The quantitative estimate of drug-likeness (QED) is 0.784. The van der Waals surface area contributed by atoms with Gasteiger partial charge in [-0.15, -0.1) is 0 Å². The third kappa shape index (κ3) is 1.87. The molecule has 1 saturated heterocycles. The Kier molecular flexibility index (Phi) is 2.42. The van der Waals surface area contributed by atoms with Gasteiger partial charge in [0.1, 0.15) is 11.4 Å². The molecule has 0 bridgehead atoms. The number of ether oxygens (including phenoxy) is 1. The number of phenolic OH excluding ortho intramolecular Hbond substituents is 1. The first kappa shape index (κ1) is 9.46. The number of hydrogen-bond donors (Lipinski definition) is 1. The molecular formula is C11H13FO2. The second-order valence-corrected chi connectivity index (χ2v) is 3.76. The van der Waals surface area contributed by atoms with Crippen LogP contribution in [0.3, 0.4) is 0 Å². The molecule has 0 saturated carbocycles. The Morgan fingerprint density at radius 2 is 2.21 bits per heavy atom. The van der Waals surface area contributed by atoms with Crippen LogP contribution in [0.2, 0.25) is 0 Å². The Hall–Kier alpha value is -1.09. The molecule has 76 valence electrons. The van der Waals surface area contributed by atoms with E-state index in [9.17, 15) is 9.50 Å². The van der Waals surface area contributed by atoms with E-state index in [1.165, 1.54) is 0 Å². The van der Waals surface area contributed by atoms with E-state index in [0.29, 0.717) is 18.6 Å². The number of para-hydroxylation sites is 1. The van der Waals surface area contributed by atoms with E-state index in [1.54, 1.807) is 24.3 Å². The number of benzene rings is 1. The molecule has 2 rings (SSSR count). The van der Waals surface area contributed by atoms with Crippen molar-refractivity contribution in [1.82, 2.24) is 0 Å². The molecule has 1 aromatic carbocycles. The van der Waals surface area contributed by atoms with Gasteiger partial charge in [-0.2, -0.15) is 0 Å². The van der Waals surface area contributed by atoms with Crippen LogP contribution < -0.4 is 0 Å². The van der Waals surface area contributed by atoms with Crippen molar-refractivity contribution in [2.45, 2.75) is 18.5 Å². The summed E-state index contributed by atoms with van der Waals surface area (Å²) in [7, 11) is 0. The average Bonchev–Trinajstić information content (AvgIpc) is 2.57. The summed E-state index contributed by atoms with van der Waals surface area (Å²) in [4.78, 5) is 0. The Morgan fingerprint density at radius 1 is 1.43 bits per heavy atom. The van der Waals surface area contributed by atoms with Crippen LogP contribution in [0.15, 0.2) is 24.3 Å². The van der Waals surface area contributed by atoms with E-state index in [4.69, 9.17) is 4.74 Å². The van der Waals surface area contributed by atoms with E-state index in [0.717, 1.165) is 0 Å². The fourth-order valence-electron chi connectivity index (χ4n) is 1.72. The molecule has 1 aliphatic rings. The van der Waals surface area contributed by atoms with Gasteiger partial charge in [0.2, 0.25) is 0 Å². The average molecular weight is 196 g/mol. The Balaban J connectivity index is 2.14. The molecule has 0 radical (unpaired) electrons. The number of halogens is 1. The lowest BCUT2D eigenvalue weighted by atomic mass is 9.95. The van der Waals surface area contributed by atoms with Crippen molar-refractivity contribution in [3.05, 3.63) is 29.8 Å². The minimum absolute atomic E-state index is 0.140. The molecule has 0 aromatic heterocycles. The van der Waals surface area contributed by atoms with Crippen LogP contribution in [0.5, 0.6) is 5.75 Å². The molecule has 1 N–H and O–H groups in total. The highest BCUT2D eigenvalue weighted by Crippen LogP contribution is 2.30. The summed E-state index contributed by atoms with van der Waals surface area (Å²) < 4.78 is 19.0. The van der Waals surface area contributed by atoms with Crippen molar-refractivity contribution < 1.29 is 14.2 Å². The molecule has 14 heavy (non-hydrogen) atoms. The van der Waals surface area contributed by atoms with Gasteiger partial charge in [0.25, 0.3) is 0 Å². The van der Waals surface area contributed by atoms with Gasteiger partial charge in [-0.3, -0.25) is 0 Å². The van der Waals surface area contributed by atoms with E-state index < -0.39 is 5.67 Å². The van der Waals surface area contributed by atoms with Crippen molar-refractivity contribution >= 4 is 0 Å². The van der Waals surface area contributed by atoms with Crippen molar-refractivity contribution in [1.29, 1.82) is 0 Å². The normalized spacial score (nSPS) is 26.6. The fraction of sp³-hybridized carbons (Fsp3) is 0.455. The summed E-state index contributed by atoms with van der Waals surface area (Å²) in [6, 6.07) is 6.85. The van der Waals surface area contributed by atoms with Gasteiger partial charge in [-0.1, -0.05) is 18.2 Å². The van der Waals surface area contributed by atoms with Crippen LogP contribution in [-0.4, -0.2) is 24.0 Å². The molecule has 1 aromatic rings. The van der Waals surface area contributed by atoms with Crippen molar-refractivity contribution in [3.8, 4) is 5.75 Å². The summed E-state index contributed by atoms with van der Waals surface area (Å²) in [5, 5.41) is 9.48. The van der Waals surface area contributed by atoms with Crippen molar-refractivity contribution in [2.24, 2.45) is 0 Å². The van der Waals surface area contributed by atoms with Gasteiger partial charge in [-0.05, 0) is 11.6 Å². The van der Waals surface area contributed by atoms with Crippen molar-refractivity contribution in [3.63, 3.8) is 0 Å². The lowest BCUT2D eigenvalue weighted by Crippen LogP contribution is -2.25. The summed E-state index contributed by atoms with van der Waals surface area (Å²) in [6.45, 7) is 0.616. The Morgan fingerprint density at radius 3 is 2.86 bits per heavy atom. The highest BCUT2D eigenvalue weighted by molar-refractivity contribution is 5.33. The number of alkyl halides is 1. The molecule has 0 aliphatic carbocycles. The smallest absolute Gasteiger partial charge is 0.140 e. The Labute approximate surface area is 82.3 Å². The molecular weight excluding hydrogens is 183 g/mol. The van der Waals surface area contributed by atoms with Crippen LogP contribution in [0.1, 0.15) is 12.0 Å². The van der Waals surface area contributed by atoms with Crippen LogP contribution in [0.25, 0.3) is 0 Å². The van der Waals surface area contributed by atoms with E-state index in [1.807, 2.05) is 0 Å². The molecule has 1 unspecified atom stereocenters. The SMILES string of the molecule is Oc1ccccc1CC1(F)CCOC1. The molecule has 1 aliphatic heterocycles. The number of rotatable bonds is 2. The molecule has 1 heterocycles. The fourth-order valence-corrected chi connectivity index (χ4v) is 1.72. The third-order valence-electron chi connectivity index (χ3n) is 2.55. The zero-order valence-corrected chi connectivity index (χ0v) is 7.87. The second kappa shape index (κ2) is 3.58. The summed E-state index contributed by atoms with van der Waals surface area (Å²) in [5.41, 5.74) is -0.640. The monoisotopic (exact) mass is 196 g/mol. The zero-order chi connectivity index (χ0) is 10.0. The largest absolute Gasteiger partial charge is 0.508 e. The zero-order valence-electron chi connectivity index (χ0n) is 7.87. The summed E-state index contributed by atoms with van der Waals surface area (Å²) in [6.07, 6.45) is 0.654. The summed E-state index contributed by atoms with van der Waals surface area (Å²) in [5.74, 6) is 0.163. The van der Waals surface area contributed by atoms with E-state index in [2.05, 4.69) is 0 Å². The molecule has 2 nitrogen and oxygen atoms in total. The van der Waals surface area contributed by atoms with E-state index >= 15 is 0 Å². The maximum Gasteiger partial charge on any atom is 0.140 e. The molecule has 3 heteroatoms. The number of hydrogen-bond acceptors (Lipinski definition) is 2. The predicted octanol–water partition coefficient (Wildman–Crippen LogP) is 2.06. The van der Waals surface area contributed by atoms with Crippen LogP contribution in [0.4, 0.5) is 4.39 Å². The van der Waals surface area contributed by atoms with Gasteiger partial charge < -0.3 is 9.84 Å². The van der Waals surface area contributed by atoms with Crippen LogP contribution in [-0.2, 0) is 11.2 Å². The maximum atomic E-state index is 13.9. The van der Waals surface area contributed by atoms with Gasteiger partial charge in [0.15, 0.2) is 0 Å². The lowest BCUT2D eigenvalue weighted by Gasteiger charge is -2.17. The van der Waals surface area contributed by atoms with Gasteiger partial charge >= 0.3 is 0 Å². The summed E-state index contributed by atoms with van der Waals surface area (Å²) >= 11 is 0. The minimum Gasteiger partial charge on any atom is -0.508 e. The van der Waals surface area contributed by atoms with Crippen molar-refractivity contribution in [2.75, 3.05) is 13.2 Å². The number of phenols is 1. The molecule has 1 fully saturated rings. The van der Waals surface area contributed by atoms with Gasteiger partial charge in [0.05, 0.1) is 6.61 Å². The predicted molar refractivity (Wildman–Crippen MR) is 51.1 cm³/mol.